The van der Waals surface area contributed by atoms with Gasteiger partial charge in [-0.25, -0.2) is 4.98 Å². The number of benzene rings is 6. The summed E-state index contributed by atoms with van der Waals surface area (Å²) in [5, 5.41) is 14.1. The van der Waals surface area contributed by atoms with E-state index in [1.165, 1.54) is 5.56 Å². The molecule has 0 radical (unpaired) electrons. The fourth-order valence-electron chi connectivity index (χ4n) is 7.18. The summed E-state index contributed by atoms with van der Waals surface area (Å²) in [5.41, 5.74) is 11.2. The van der Waals surface area contributed by atoms with Gasteiger partial charge in [-0.15, -0.1) is 29.3 Å². The molecule has 0 bridgehead atoms. The monoisotopic (exact) mass is 854 g/mol. The first kappa shape index (κ1) is 33.4. The van der Waals surface area contributed by atoms with Crippen LogP contribution in [0.15, 0.2) is 152 Å². The van der Waals surface area contributed by atoms with Crippen LogP contribution in [0.2, 0.25) is 0 Å². The van der Waals surface area contributed by atoms with E-state index in [0.717, 1.165) is 66.6 Å². The SMILES string of the molecule is CC(C)(C)c1cc(-c2ccccn2)[c-]c(-c2cccc3c2nc(-c2cc4c5ccccc5n(-c5ccccc5)c4cc2O)n3-c2ccccc2)c1.[Pt]. The maximum absolute atomic E-state index is 11.9. The Morgan fingerprint density at radius 3 is 1.94 bits per heavy atom. The van der Waals surface area contributed by atoms with E-state index in [4.69, 9.17) is 4.98 Å². The number of imidazole rings is 1. The molecule has 5 nitrogen and oxygen atoms in total. The number of aromatic nitrogens is 4. The first-order chi connectivity index (χ1) is 24.8. The summed E-state index contributed by atoms with van der Waals surface area (Å²) >= 11 is 0. The minimum absolute atomic E-state index is 0. The number of nitrogens with zero attached hydrogens (tertiary/aromatic N) is 4. The Balaban J connectivity index is 0.00000387. The summed E-state index contributed by atoms with van der Waals surface area (Å²) in [7, 11) is 0. The van der Waals surface area contributed by atoms with Crippen molar-refractivity contribution in [3.05, 3.63) is 163 Å². The number of hydrogen-bond acceptors (Lipinski definition) is 3. The van der Waals surface area contributed by atoms with E-state index in [1.54, 1.807) is 0 Å². The average Bonchev–Trinajstić information content (AvgIpc) is 3.70. The van der Waals surface area contributed by atoms with Crippen LogP contribution in [0.25, 0.3) is 78.0 Å². The molecule has 0 aliphatic carbocycles. The van der Waals surface area contributed by atoms with Gasteiger partial charge in [-0.05, 0) is 53.9 Å². The normalized spacial score (nSPS) is 11.7. The number of para-hydroxylation sites is 4. The van der Waals surface area contributed by atoms with Gasteiger partial charge >= 0.3 is 0 Å². The second kappa shape index (κ2) is 13.1. The molecule has 0 unspecified atom stereocenters. The predicted molar refractivity (Wildman–Crippen MR) is 209 cm³/mol. The van der Waals surface area contributed by atoms with Gasteiger partial charge < -0.3 is 9.67 Å². The van der Waals surface area contributed by atoms with Gasteiger partial charge in [0.05, 0.1) is 27.6 Å². The quantitative estimate of drug-likeness (QED) is 0.176. The van der Waals surface area contributed by atoms with Gasteiger partial charge in [-0.2, -0.15) is 0 Å². The topological polar surface area (TPSA) is 55.9 Å². The van der Waals surface area contributed by atoms with Gasteiger partial charge in [0.2, 0.25) is 0 Å². The van der Waals surface area contributed by atoms with Gasteiger partial charge in [0.15, 0.2) is 0 Å². The maximum Gasteiger partial charge on any atom is 0.148 e. The van der Waals surface area contributed by atoms with Gasteiger partial charge in [0.25, 0.3) is 0 Å². The third kappa shape index (κ3) is 5.62. The number of phenols is 1. The second-order valence-corrected chi connectivity index (χ2v) is 14.0. The summed E-state index contributed by atoms with van der Waals surface area (Å²) in [6.07, 6.45) is 1.82. The Kier molecular flexibility index (Phi) is 8.40. The molecule has 6 aromatic carbocycles. The molecule has 3 aromatic heterocycles. The molecule has 6 heteroatoms. The molecule has 0 saturated heterocycles. The van der Waals surface area contributed by atoms with Crippen LogP contribution in [0.1, 0.15) is 26.3 Å². The fraction of sp³-hybridized carbons (Fsp3) is 0.0870. The first-order valence-electron chi connectivity index (χ1n) is 17.2. The van der Waals surface area contributed by atoms with Crippen LogP contribution in [0.3, 0.4) is 0 Å². The van der Waals surface area contributed by atoms with Gasteiger partial charge in [0.1, 0.15) is 11.6 Å². The molecule has 0 fully saturated rings. The Hall–Kier alpha value is -5.77. The molecule has 9 rings (SSSR count). The van der Waals surface area contributed by atoms with Crippen molar-refractivity contribution in [1.29, 1.82) is 0 Å². The third-order valence-electron chi connectivity index (χ3n) is 9.71. The van der Waals surface area contributed by atoms with Gasteiger partial charge in [0, 0.05) is 61.2 Å². The zero-order chi connectivity index (χ0) is 34.7. The second-order valence-electron chi connectivity index (χ2n) is 14.0. The molecular weight excluding hydrogens is 820 g/mol. The molecule has 3 heterocycles. The largest absolute Gasteiger partial charge is 0.507 e. The summed E-state index contributed by atoms with van der Waals surface area (Å²) in [4.78, 5) is 10.1. The summed E-state index contributed by atoms with van der Waals surface area (Å²) < 4.78 is 4.37. The van der Waals surface area contributed by atoms with Crippen molar-refractivity contribution in [3.63, 3.8) is 0 Å². The van der Waals surface area contributed by atoms with Crippen molar-refractivity contribution in [2.45, 2.75) is 26.2 Å². The standard InChI is InChI=1S/C46H35N4O.Pt/c1-46(2,3)32-26-30(25-31(27-32)39-21-12-13-24-47-39)35-20-14-23-41-44(35)48-45(50(41)34-17-8-5-9-18-34)38-28-37-36-19-10-11-22-40(36)49(42(37)29-43(38)51)33-15-6-4-7-16-33;/h4-24,26-29,51H,1-3H3;/q-1;. The minimum Gasteiger partial charge on any atom is -0.507 e. The number of rotatable bonds is 5. The molecular formula is C46H35N4OPt-. The number of aromatic hydroxyl groups is 1. The summed E-state index contributed by atoms with van der Waals surface area (Å²) in [6, 6.07) is 53.3. The van der Waals surface area contributed by atoms with Crippen LogP contribution in [0.5, 0.6) is 5.75 Å². The van der Waals surface area contributed by atoms with Crippen molar-refractivity contribution >= 4 is 32.8 Å². The van der Waals surface area contributed by atoms with E-state index in [2.05, 4.69) is 126 Å². The minimum atomic E-state index is -0.101. The third-order valence-corrected chi connectivity index (χ3v) is 9.71. The Bertz CT molecular complexity index is 2730. The van der Waals surface area contributed by atoms with Crippen LogP contribution < -0.4 is 0 Å². The first-order valence-corrected chi connectivity index (χ1v) is 17.2. The molecule has 0 aliphatic heterocycles. The van der Waals surface area contributed by atoms with Crippen LogP contribution in [0, 0.1) is 6.07 Å². The van der Waals surface area contributed by atoms with Crippen molar-refractivity contribution < 1.29 is 26.2 Å². The van der Waals surface area contributed by atoms with Crippen molar-refractivity contribution in [2.24, 2.45) is 0 Å². The van der Waals surface area contributed by atoms with E-state index >= 15 is 0 Å². The van der Waals surface area contributed by atoms with Crippen LogP contribution in [0.4, 0.5) is 0 Å². The predicted octanol–water partition coefficient (Wildman–Crippen LogP) is 11.3. The van der Waals surface area contributed by atoms with Crippen LogP contribution in [-0.4, -0.2) is 24.2 Å². The molecule has 52 heavy (non-hydrogen) atoms. The number of fused-ring (bicyclic) bond motifs is 4. The van der Waals surface area contributed by atoms with Crippen molar-refractivity contribution in [1.82, 2.24) is 19.1 Å². The zero-order valence-corrected chi connectivity index (χ0v) is 31.3. The summed E-state index contributed by atoms with van der Waals surface area (Å²) in [6.45, 7) is 6.68. The number of hydrogen-bond donors (Lipinski definition) is 1. The molecule has 0 saturated carbocycles. The molecule has 0 amide bonds. The smallest absolute Gasteiger partial charge is 0.148 e. The molecule has 0 atom stereocenters. The van der Waals surface area contributed by atoms with Crippen molar-refractivity contribution in [3.8, 4) is 50.9 Å². The fourth-order valence-corrected chi connectivity index (χ4v) is 7.18. The molecule has 9 aromatic rings. The van der Waals surface area contributed by atoms with Crippen LogP contribution >= 0.6 is 0 Å². The molecule has 0 aliphatic rings. The number of pyridine rings is 1. The van der Waals surface area contributed by atoms with E-state index < -0.39 is 0 Å². The van der Waals surface area contributed by atoms with Gasteiger partial charge in [-0.1, -0.05) is 111 Å². The van der Waals surface area contributed by atoms with E-state index in [-0.39, 0.29) is 32.2 Å². The summed E-state index contributed by atoms with van der Waals surface area (Å²) in [5.74, 6) is 0.826. The van der Waals surface area contributed by atoms with Crippen LogP contribution in [-0.2, 0) is 26.5 Å². The maximum atomic E-state index is 11.9. The van der Waals surface area contributed by atoms with E-state index in [1.807, 2.05) is 66.9 Å². The van der Waals surface area contributed by atoms with Crippen molar-refractivity contribution in [2.75, 3.05) is 0 Å². The molecule has 1 N–H and O–H groups in total. The zero-order valence-electron chi connectivity index (χ0n) is 29.0. The number of phenolic OH excluding ortho intramolecular Hbond substituents is 1. The average molecular weight is 855 g/mol. The molecule has 256 valence electrons. The van der Waals surface area contributed by atoms with Gasteiger partial charge in [-0.3, -0.25) is 9.55 Å². The Morgan fingerprint density at radius 1 is 0.577 bits per heavy atom. The Morgan fingerprint density at radius 2 is 1.23 bits per heavy atom. The van der Waals surface area contributed by atoms with E-state index in [9.17, 15) is 5.11 Å². The molecule has 0 spiro atoms. The van der Waals surface area contributed by atoms with E-state index in [0.29, 0.717) is 11.4 Å². The Labute approximate surface area is 317 Å².